The van der Waals surface area contributed by atoms with Crippen LogP contribution in [0.25, 0.3) is 11.1 Å². The SMILES string of the molecule is O=C(O)c1cccc(-c2ccc(C3(O)CCC(C[C@H]4CCN(C(=O)CCC(=O)c5cccc(C(F)(F)F)c5)C4)CC3)nc2)c1. The normalized spacial score (nSPS) is 22.1. The molecule has 0 radical (unpaired) electrons. The van der Waals surface area contributed by atoms with E-state index in [2.05, 4.69) is 4.98 Å². The number of nitrogens with zero attached hydrogens (tertiary/aromatic N) is 2. The van der Waals surface area contributed by atoms with E-state index in [0.717, 1.165) is 48.9 Å². The topological polar surface area (TPSA) is 108 Å². The number of Topliss-reactive ketones (excluding diaryl/α,β-unsaturated/α-hetero) is 1. The fraction of sp³-hybridized carbons (Fsp3) is 0.412. The van der Waals surface area contributed by atoms with Gasteiger partial charge in [-0.25, -0.2) is 4.79 Å². The van der Waals surface area contributed by atoms with Crippen molar-refractivity contribution < 1.29 is 37.8 Å². The van der Waals surface area contributed by atoms with E-state index in [-0.39, 0.29) is 29.9 Å². The lowest BCUT2D eigenvalue weighted by atomic mass is 9.74. The van der Waals surface area contributed by atoms with Crippen molar-refractivity contribution in [3.63, 3.8) is 0 Å². The van der Waals surface area contributed by atoms with Gasteiger partial charge in [-0.2, -0.15) is 13.2 Å². The van der Waals surface area contributed by atoms with Crippen molar-refractivity contribution in [2.75, 3.05) is 13.1 Å². The maximum atomic E-state index is 13.0. The van der Waals surface area contributed by atoms with E-state index in [0.29, 0.717) is 43.5 Å². The highest BCUT2D eigenvalue weighted by Crippen LogP contribution is 2.42. The molecule has 5 rings (SSSR count). The summed E-state index contributed by atoms with van der Waals surface area (Å²) >= 11 is 0. The third-order valence-electron chi connectivity index (χ3n) is 9.00. The minimum Gasteiger partial charge on any atom is -0.478 e. The average Bonchev–Trinajstić information content (AvgIpc) is 3.49. The Labute approximate surface area is 253 Å². The van der Waals surface area contributed by atoms with Gasteiger partial charge in [0.15, 0.2) is 5.78 Å². The molecule has 7 nitrogen and oxygen atoms in total. The molecule has 1 aromatic heterocycles. The fourth-order valence-corrected chi connectivity index (χ4v) is 6.43. The first-order valence-corrected chi connectivity index (χ1v) is 14.9. The first-order valence-electron chi connectivity index (χ1n) is 14.9. The summed E-state index contributed by atoms with van der Waals surface area (Å²) in [6.07, 6.45) is 1.58. The molecular weight excluding hydrogens is 573 g/mol. The summed E-state index contributed by atoms with van der Waals surface area (Å²) in [6.45, 7) is 1.20. The third-order valence-corrected chi connectivity index (χ3v) is 9.00. The van der Waals surface area contributed by atoms with E-state index in [1.807, 2.05) is 12.1 Å². The number of amides is 1. The number of likely N-dealkylation sites (tertiary alicyclic amines) is 1. The maximum Gasteiger partial charge on any atom is 0.416 e. The van der Waals surface area contributed by atoms with E-state index in [9.17, 15) is 37.8 Å². The van der Waals surface area contributed by atoms with Gasteiger partial charge in [0, 0.05) is 43.3 Å². The number of carbonyl (C=O) groups is 3. The number of aromatic nitrogens is 1. The lowest BCUT2D eigenvalue weighted by molar-refractivity contribution is -0.137. The molecule has 0 spiro atoms. The number of ketones is 1. The Bertz CT molecular complexity index is 1510. The van der Waals surface area contributed by atoms with Gasteiger partial charge in [-0.1, -0.05) is 30.3 Å². The average molecular weight is 609 g/mol. The molecule has 1 aliphatic heterocycles. The molecule has 2 aliphatic rings. The molecule has 44 heavy (non-hydrogen) atoms. The number of alkyl halides is 3. The zero-order chi connectivity index (χ0) is 31.5. The van der Waals surface area contributed by atoms with Crippen LogP contribution in [0.15, 0.2) is 66.9 Å². The first-order chi connectivity index (χ1) is 20.9. The van der Waals surface area contributed by atoms with Gasteiger partial charge in [-0.15, -0.1) is 0 Å². The Morgan fingerprint density at radius 3 is 2.30 bits per heavy atom. The van der Waals surface area contributed by atoms with Crippen molar-refractivity contribution in [3.05, 3.63) is 89.2 Å². The molecule has 2 aromatic carbocycles. The Morgan fingerprint density at radius 1 is 0.886 bits per heavy atom. The molecule has 1 amide bonds. The minimum atomic E-state index is -4.53. The van der Waals surface area contributed by atoms with Gasteiger partial charge in [0.05, 0.1) is 16.8 Å². The van der Waals surface area contributed by atoms with E-state index < -0.39 is 29.1 Å². The van der Waals surface area contributed by atoms with Crippen molar-refractivity contribution in [1.82, 2.24) is 9.88 Å². The second kappa shape index (κ2) is 12.9. The number of benzene rings is 2. The summed E-state index contributed by atoms with van der Waals surface area (Å²) < 4.78 is 38.9. The van der Waals surface area contributed by atoms with Gasteiger partial charge in [0.2, 0.25) is 5.91 Å². The molecule has 2 heterocycles. The van der Waals surface area contributed by atoms with Crippen molar-refractivity contribution >= 4 is 17.7 Å². The standard InChI is InChI=1S/C34H35F3N2O5/c35-34(36,37)28-6-2-4-25(19-28)29(40)8-10-31(41)39-16-13-23(21-39)17-22-11-14-33(44,15-12-22)30-9-7-27(20-38-30)24-3-1-5-26(18-24)32(42)43/h1-7,9,18-20,22-23,44H,8,10-17,21H2,(H,42,43)/t22?,23-,33?/m1/s1. The van der Waals surface area contributed by atoms with Gasteiger partial charge in [-0.05, 0) is 86.3 Å². The van der Waals surface area contributed by atoms with E-state index in [4.69, 9.17) is 0 Å². The number of pyridine rings is 1. The van der Waals surface area contributed by atoms with E-state index in [1.165, 1.54) is 18.2 Å². The van der Waals surface area contributed by atoms with Crippen LogP contribution in [0.3, 0.4) is 0 Å². The van der Waals surface area contributed by atoms with Gasteiger partial charge in [0.1, 0.15) is 5.60 Å². The predicted molar refractivity (Wildman–Crippen MR) is 157 cm³/mol. The van der Waals surface area contributed by atoms with Crippen LogP contribution in [-0.4, -0.2) is 50.8 Å². The lowest BCUT2D eigenvalue weighted by Crippen LogP contribution is -2.33. The number of carbonyl (C=O) groups excluding carboxylic acids is 2. The summed E-state index contributed by atoms with van der Waals surface area (Å²) in [5.41, 5.74) is 0.366. The van der Waals surface area contributed by atoms with Crippen LogP contribution in [0.1, 0.15) is 83.3 Å². The molecule has 232 valence electrons. The molecule has 0 unspecified atom stereocenters. The van der Waals surface area contributed by atoms with E-state index >= 15 is 0 Å². The van der Waals surface area contributed by atoms with Crippen molar-refractivity contribution in [2.24, 2.45) is 11.8 Å². The van der Waals surface area contributed by atoms with Crippen LogP contribution in [0, 0.1) is 11.8 Å². The van der Waals surface area contributed by atoms with Crippen LogP contribution < -0.4 is 0 Å². The molecule has 10 heteroatoms. The summed E-state index contributed by atoms with van der Waals surface area (Å²) in [4.78, 5) is 42.8. The summed E-state index contributed by atoms with van der Waals surface area (Å²) in [5.74, 6) is -0.894. The van der Waals surface area contributed by atoms with Crippen LogP contribution in [0.4, 0.5) is 13.2 Å². The highest BCUT2D eigenvalue weighted by Gasteiger charge is 2.38. The molecule has 3 aromatic rings. The van der Waals surface area contributed by atoms with Crippen molar-refractivity contribution in [3.8, 4) is 11.1 Å². The second-order valence-corrected chi connectivity index (χ2v) is 12.0. The number of halogens is 3. The molecule has 1 aliphatic carbocycles. The number of carboxylic acids is 1. The third kappa shape index (κ3) is 7.35. The van der Waals surface area contributed by atoms with Crippen molar-refractivity contribution in [2.45, 2.75) is 63.1 Å². The fourth-order valence-electron chi connectivity index (χ4n) is 6.43. The van der Waals surface area contributed by atoms with Gasteiger partial charge in [0.25, 0.3) is 0 Å². The summed E-state index contributed by atoms with van der Waals surface area (Å²) in [7, 11) is 0. The number of aliphatic hydroxyl groups is 1. The number of aromatic carboxylic acids is 1. The maximum absolute atomic E-state index is 13.0. The Hall–Kier alpha value is -4.05. The molecule has 2 N–H and O–H groups in total. The summed E-state index contributed by atoms with van der Waals surface area (Å²) in [5, 5.41) is 20.6. The van der Waals surface area contributed by atoms with Crippen molar-refractivity contribution in [1.29, 1.82) is 0 Å². The number of carboxylic acid groups (broad SMARTS) is 1. The molecule has 2 fully saturated rings. The molecule has 1 saturated heterocycles. The zero-order valence-corrected chi connectivity index (χ0v) is 24.2. The van der Waals surface area contributed by atoms with Crippen LogP contribution in [0.2, 0.25) is 0 Å². The van der Waals surface area contributed by atoms with Crippen LogP contribution in [0.5, 0.6) is 0 Å². The number of hydrogen-bond donors (Lipinski definition) is 2. The lowest BCUT2D eigenvalue weighted by Gasteiger charge is -2.36. The quantitative estimate of drug-likeness (QED) is 0.261. The van der Waals surface area contributed by atoms with Crippen LogP contribution in [-0.2, 0) is 16.6 Å². The smallest absolute Gasteiger partial charge is 0.416 e. The predicted octanol–water partition coefficient (Wildman–Crippen LogP) is 6.75. The Kier molecular flexibility index (Phi) is 9.20. The molecule has 0 bridgehead atoms. The first kappa shape index (κ1) is 31.4. The monoisotopic (exact) mass is 608 g/mol. The highest BCUT2D eigenvalue weighted by atomic mass is 19.4. The minimum absolute atomic E-state index is 0.0327. The second-order valence-electron chi connectivity index (χ2n) is 12.0. The molecule has 1 atom stereocenters. The van der Waals surface area contributed by atoms with Gasteiger partial charge < -0.3 is 15.1 Å². The number of rotatable bonds is 9. The highest BCUT2D eigenvalue weighted by molar-refractivity contribution is 5.98. The summed E-state index contributed by atoms with van der Waals surface area (Å²) in [6, 6.07) is 14.6. The van der Waals surface area contributed by atoms with E-state index in [1.54, 1.807) is 29.3 Å². The Balaban J connectivity index is 1.08. The number of hydrogen-bond acceptors (Lipinski definition) is 5. The van der Waals surface area contributed by atoms with Gasteiger partial charge in [-0.3, -0.25) is 14.6 Å². The molecule has 1 saturated carbocycles. The Morgan fingerprint density at radius 2 is 1.61 bits per heavy atom. The van der Waals surface area contributed by atoms with Gasteiger partial charge >= 0.3 is 12.1 Å². The largest absolute Gasteiger partial charge is 0.478 e. The van der Waals surface area contributed by atoms with Crippen LogP contribution >= 0.6 is 0 Å². The zero-order valence-electron chi connectivity index (χ0n) is 24.2. The molecular formula is C34H35F3N2O5.